The summed E-state index contributed by atoms with van der Waals surface area (Å²) in [6.07, 6.45) is -5.02. The number of rotatable bonds is 5. The zero-order chi connectivity index (χ0) is 25.4. The number of alkyl halides is 5. The number of anilines is 3. The fourth-order valence-corrected chi connectivity index (χ4v) is 4.65. The van der Waals surface area contributed by atoms with Crippen LogP contribution in [0.15, 0.2) is 24.3 Å². The highest BCUT2D eigenvalue weighted by molar-refractivity contribution is 5.90. The van der Waals surface area contributed by atoms with Crippen LogP contribution in [0.3, 0.4) is 0 Å². The lowest BCUT2D eigenvalue weighted by molar-refractivity contribution is -0.143. The molecule has 1 saturated heterocycles. The molecule has 2 fully saturated rings. The van der Waals surface area contributed by atoms with Gasteiger partial charge in [0.1, 0.15) is 5.82 Å². The molecule has 0 radical (unpaired) electrons. The van der Waals surface area contributed by atoms with E-state index in [0.717, 1.165) is 5.56 Å². The van der Waals surface area contributed by atoms with Crippen LogP contribution >= 0.6 is 0 Å². The molecule has 1 aliphatic carbocycles. The lowest BCUT2D eigenvalue weighted by Crippen LogP contribution is -2.33. The first kappa shape index (κ1) is 24.9. The van der Waals surface area contributed by atoms with E-state index in [1.165, 1.54) is 4.90 Å². The van der Waals surface area contributed by atoms with Crippen molar-refractivity contribution in [2.45, 2.75) is 57.2 Å². The van der Waals surface area contributed by atoms with Crippen LogP contribution in [-0.4, -0.2) is 52.1 Å². The van der Waals surface area contributed by atoms with Crippen LogP contribution in [-0.2, 0) is 0 Å². The first-order chi connectivity index (χ1) is 16.4. The molecule has 1 aromatic carbocycles. The van der Waals surface area contributed by atoms with Crippen LogP contribution < -0.4 is 16.4 Å². The highest BCUT2D eigenvalue weighted by atomic mass is 19.4. The molecule has 1 saturated carbocycles. The monoisotopic (exact) mass is 498 g/mol. The number of nitrogens with one attached hydrogen (secondary N) is 2. The fourth-order valence-electron chi connectivity index (χ4n) is 4.65. The highest BCUT2D eigenvalue weighted by Crippen LogP contribution is 2.37. The molecule has 0 unspecified atom stereocenters. The number of nitrogens with zero attached hydrogens (tertiary/aromatic N) is 3. The van der Waals surface area contributed by atoms with Gasteiger partial charge in [-0.3, -0.25) is 0 Å². The molecule has 1 aliphatic heterocycles. The Labute approximate surface area is 199 Å². The standard InChI is InChI=1S/C23H27F5N6O/c1-13-2-3-15(31-21(35)34-7-5-14(12-34)10-23(26,27)28)8-17(13)18-9-19(33-20(29)32-18)30-16-4-6-22(24,25)11-16/h2-3,8-9,14,16H,4-7,10-12H2,1H3,(H,31,35)(H3,29,30,32,33)/t14-,16+/m0/s1. The third-order valence-corrected chi connectivity index (χ3v) is 6.36. The van der Waals surface area contributed by atoms with Gasteiger partial charge in [-0.05, 0) is 43.4 Å². The molecule has 2 atom stereocenters. The third-order valence-electron chi connectivity index (χ3n) is 6.36. The summed E-state index contributed by atoms with van der Waals surface area (Å²) in [7, 11) is 0. The number of aromatic nitrogens is 2. The molecule has 4 N–H and O–H groups in total. The Morgan fingerprint density at radius 3 is 2.69 bits per heavy atom. The second-order valence-electron chi connectivity index (χ2n) is 9.32. The Kier molecular flexibility index (Phi) is 6.74. The summed E-state index contributed by atoms with van der Waals surface area (Å²) < 4.78 is 65.0. The zero-order valence-electron chi connectivity index (χ0n) is 19.1. The van der Waals surface area contributed by atoms with Crippen molar-refractivity contribution in [3.05, 3.63) is 29.8 Å². The van der Waals surface area contributed by atoms with Gasteiger partial charge in [0, 0.05) is 55.7 Å². The molecular weight excluding hydrogens is 471 g/mol. The number of hydrogen-bond acceptors (Lipinski definition) is 5. The largest absolute Gasteiger partial charge is 0.389 e. The number of aryl methyl sites for hydroxylation is 1. The highest BCUT2D eigenvalue weighted by Gasteiger charge is 2.39. The van der Waals surface area contributed by atoms with Crippen molar-refractivity contribution in [3.8, 4) is 11.3 Å². The van der Waals surface area contributed by atoms with Gasteiger partial charge in [-0.15, -0.1) is 0 Å². The molecule has 0 spiro atoms. The average Bonchev–Trinajstić information content (AvgIpc) is 3.33. The number of benzene rings is 1. The van der Waals surface area contributed by atoms with Crippen LogP contribution in [0.25, 0.3) is 11.3 Å². The second-order valence-corrected chi connectivity index (χ2v) is 9.32. The Hall–Kier alpha value is -3.18. The number of carbonyl (C=O) groups excluding carboxylic acids is 1. The number of amides is 2. The van der Waals surface area contributed by atoms with E-state index in [1.54, 1.807) is 24.3 Å². The summed E-state index contributed by atoms with van der Waals surface area (Å²) in [5.74, 6) is -3.01. The molecule has 1 aromatic heterocycles. The molecule has 2 aromatic rings. The van der Waals surface area contributed by atoms with Gasteiger partial charge < -0.3 is 21.3 Å². The predicted octanol–water partition coefficient (Wildman–Crippen LogP) is 5.44. The predicted molar refractivity (Wildman–Crippen MR) is 122 cm³/mol. The SMILES string of the molecule is Cc1ccc(NC(=O)N2CC[C@@H](CC(F)(F)F)C2)cc1-c1cc(N[C@@H]2CCC(F)(F)C2)nc(N)n1. The van der Waals surface area contributed by atoms with Crippen molar-refractivity contribution >= 4 is 23.5 Å². The summed E-state index contributed by atoms with van der Waals surface area (Å²) >= 11 is 0. The van der Waals surface area contributed by atoms with Crippen LogP contribution in [0, 0.1) is 12.8 Å². The van der Waals surface area contributed by atoms with E-state index < -0.39 is 36.5 Å². The number of urea groups is 1. The van der Waals surface area contributed by atoms with E-state index in [4.69, 9.17) is 5.73 Å². The number of nitrogens with two attached hydrogens (primary N) is 1. The number of halogens is 5. The smallest absolute Gasteiger partial charge is 0.368 e. The minimum atomic E-state index is -4.26. The van der Waals surface area contributed by atoms with Gasteiger partial charge in [-0.2, -0.15) is 18.2 Å². The molecule has 4 rings (SSSR count). The van der Waals surface area contributed by atoms with Gasteiger partial charge in [-0.25, -0.2) is 18.6 Å². The van der Waals surface area contributed by atoms with E-state index >= 15 is 0 Å². The lowest BCUT2D eigenvalue weighted by atomic mass is 10.0. The second kappa shape index (κ2) is 9.46. The molecule has 35 heavy (non-hydrogen) atoms. The minimum Gasteiger partial charge on any atom is -0.368 e. The van der Waals surface area contributed by atoms with Crippen LogP contribution in [0.1, 0.15) is 37.7 Å². The summed E-state index contributed by atoms with van der Waals surface area (Å²) in [4.78, 5) is 22.4. The molecule has 190 valence electrons. The van der Waals surface area contributed by atoms with Crippen molar-refractivity contribution in [1.82, 2.24) is 14.9 Å². The Morgan fingerprint density at radius 2 is 2.00 bits per heavy atom. The molecule has 7 nitrogen and oxygen atoms in total. The van der Waals surface area contributed by atoms with E-state index in [-0.39, 0.29) is 31.9 Å². The van der Waals surface area contributed by atoms with Crippen molar-refractivity contribution in [1.29, 1.82) is 0 Å². The first-order valence-electron chi connectivity index (χ1n) is 11.4. The minimum absolute atomic E-state index is 0.0311. The van der Waals surface area contributed by atoms with Gasteiger partial charge >= 0.3 is 12.2 Å². The Balaban J connectivity index is 1.47. The maximum absolute atomic E-state index is 13.5. The number of likely N-dealkylation sites (tertiary alicyclic amines) is 1. The molecule has 0 bridgehead atoms. The maximum atomic E-state index is 13.5. The van der Waals surface area contributed by atoms with E-state index in [2.05, 4.69) is 20.6 Å². The van der Waals surface area contributed by atoms with Gasteiger partial charge in [0.25, 0.3) is 0 Å². The molecular formula is C23H27F5N6O. The lowest BCUT2D eigenvalue weighted by Gasteiger charge is -2.19. The molecule has 2 aliphatic rings. The molecule has 12 heteroatoms. The normalized spacial score (nSPS) is 21.8. The maximum Gasteiger partial charge on any atom is 0.389 e. The quantitative estimate of drug-likeness (QED) is 0.477. The number of hydrogen-bond donors (Lipinski definition) is 3. The van der Waals surface area contributed by atoms with Gasteiger partial charge in [-0.1, -0.05) is 6.07 Å². The van der Waals surface area contributed by atoms with Gasteiger partial charge in [0.05, 0.1) is 5.69 Å². The van der Waals surface area contributed by atoms with Crippen molar-refractivity contribution in [3.63, 3.8) is 0 Å². The summed E-state index contributed by atoms with van der Waals surface area (Å²) in [5, 5.41) is 5.74. The topological polar surface area (TPSA) is 96.2 Å². The van der Waals surface area contributed by atoms with Crippen LogP contribution in [0.5, 0.6) is 0 Å². The van der Waals surface area contributed by atoms with E-state index in [0.29, 0.717) is 35.6 Å². The zero-order valence-corrected chi connectivity index (χ0v) is 19.1. The van der Waals surface area contributed by atoms with E-state index in [1.807, 2.05) is 6.92 Å². The van der Waals surface area contributed by atoms with E-state index in [9.17, 15) is 26.7 Å². The Bertz CT molecular complexity index is 1090. The molecule has 2 heterocycles. The first-order valence-corrected chi connectivity index (χ1v) is 11.4. The average molecular weight is 499 g/mol. The fraction of sp³-hybridized carbons (Fsp3) is 0.522. The third kappa shape index (κ3) is 6.49. The van der Waals surface area contributed by atoms with Crippen molar-refractivity contribution in [2.75, 3.05) is 29.5 Å². The van der Waals surface area contributed by atoms with Crippen LogP contribution in [0.2, 0.25) is 0 Å². The summed E-state index contributed by atoms with van der Waals surface area (Å²) in [5.41, 5.74) is 8.23. The Morgan fingerprint density at radius 1 is 1.23 bits per heavy atom. The van der Waals surface area contributed by atoms with Crippen molar-refractivity contribution < 1.29 is 26.7 Å². The number of carbonyl (C=O) groups is 1. The summed E-state index contributed by atoms with van der Waals surface area (Å²) in [6, 6.07) is 5.85. The number of nitrogen functional groups attached to an aromatic ring is 1. The van der Waals surface area contributed by atoms with Crippen molar-refractivity contribution in [2.24, 2.45) is 5.92 Å². The summed E-state index contributed by atoms with van der Waals surface area (Å²) in [6.45, 7) is 2.14. The van der Waals surface area contributed by atoms with Gasteiger partial charge in [0.2, 0.25) is 11.9 Å². The van der Waals surface area contributed by atoms with Gasteiger partial charge in [0.15, 0.2) is 0 Å². The van der Waals surface area contributed by atoms with Crippen LogP contribution in [0.4, 0.5) is 44.2 Å². The molecule has 2 amide bonds.